The van der Waals surface area contributed by atoms with Gasteiger partial charge >= 0.3 is 0 Å². The molecule has 0 aliphatic carbocycles. The fourth-order valence-electron chi connectivity index (χ4n) is 6.25. The molecule has 2 N–H and O–H groups in total. The Bertz CT molecular complexity index is 1950. The Morgan fingerprint density at radius 2 is 1.13 bits per heavy atom. The maximum absolute atomic E-state index is 10.4. The summed E-state index contributed by atoms with van der Waals surface area (Å²) in [6, 6.07) is 50.8. The van der Waals surface area contributed by atoms with Gasteiger partial charge in [0, 0.05) is 19.6 Å². The van der Waals surface area contributed by atoms with E-state index in [0.717, 1.165) is 25.3 Å². The molecule has 4 heteroatoms. The summed E-state index contributed by atoms with van der Waals surface area (Å²) in [5.74, 6) is 0. The summed E-state index contributed by atoms with van der Waals surface area (Å²) in [5.41, 5.74) is 15.2. The zero-order chi connectivity index (χ0) is 36.9. The largest absolute Gasteiger partial charge is 0.387 e. The van der Waals surface area contributed by atoms with Crippen molar-refractivity contribution in [2.75, 3.05) is 27.2 Å². The van der Waals surface area contributed by atoms with Gasteiger partial charge < -0.3 is 15.2 Å². The van der Waals surface area contributed by atoms with Gasteiger partial charge in [0.25, 0.3) is 0 Å². The minimum absolute atomic E-state index is 0.409. The van der Waals surface area contributed by atoms with Crippen LogP contribution in [0.3, 0.4) is 0 Å². The summed E-state index contributed by atoms with van der Waals surface area (Å²) in [6.07, 6.45) is -0.0541. The second-order valence-corrected chi connectivity index (χ2v) is 13.9. The quantitative estimate of drug-likeness (QED) is 0.141. The van der Waals surface area contributed by atoms with Crippen LogP contribution < -0.4 is 5.32 Å². The van der Waals surface area contributed by atoms with Crippen LogP contribution in [0.25, 0.3) is 22.3 Å². The summed E-state index contributed by atoms with van der Waals surface area (Å²) >= 11 is 0. The first-order valence-electron chi connectivity index (χ1n) is 18.3. The van der Waals surface area contributed by atoms with Crippen molar-refractivity contribution in [3.63, 3.8) is 0 Å². The normalized spacial score (nSPS) is 13.7. The van der Waals surface area contributed by atoms with Crippen molar-refractivity contribution in [3.8, 4) is 22.3 Å². The highest BCUT2D eigenvalue weighted by molar-refractivity contribution is 5.69. The van der Waals surface area contributed by atoms with Gasteiger partial charge in [-0.25, -0.2) is 0 Å². The first-order chi connectivity index (χ1) is 25.2. The molecule has 1 heterocycles. The predicted molar refractivity (Wildman–Crippen MR) is 218 cm³/mol. The predicted octanol–water partition coefficient (Wildman–Crippen LogP) is 10.6. The lowest BCUT2D eigenvalue weighted by Crippen LogP contribution is -2.24. The van der Waals surface area contributed by atoms with Crippen molar-refractivity contribution in [1.29, 1.82) is 0 Å². The molecule has 7 rings (SSSR count). The van der Waals surface area contributed by atoms with Gasteiger partial charge in [-0.15, -0.1) is 0 Å². The van der Waals surface area contributed by atoms with Crippen molar-refractivity contribution < 1.29 is 9.84 Å². The number of ether oxygens (including phenoxy) is 1. The number of nitrogens with zero attached hydrogens (tertiary/aromatic N) is 1. The number of nitrogens with one attached hydrogen (secondary N) is 1. The van der Waals surface area contributed by atoms with Crippen molar-refractivity contribution in [2.45, 2.75) is 53.0 Å². The summed E-state index contributed by atoms with van der Waals surface area (Å²) in [5, 5.41) is 13.5. The average Bonchev–Trinajstić information content (AvgIpc) is 4.02. The first kappa shape index (κ1) is 38.4. The van der Waals surface area contributed by atoms with Gasteiger partial charge in [0.15, 0.2) is 0 Å². The molecular formula is C48H54N2O2. The van der Waals surface area contributed by atoms with Gasteiger partial charge in [0.1, 0.15) is 6.10 Å². The van der Waals surface area contributed by atoms with E-state index in [1.807, 2.05) is 62.6 Å². The number of likely N-dealkylation sites (N-methyl/N-ethyl adjacent to an activating group) is 1. The molecule has 6 aromatic carbocycles. The molecule has 0 aromatic heterocycles. The number of aliphatic hydroxyl groups is 1. The van der Waals surface area contributed by atoms with Gasteiger partial charge in [-0.05, 0) is 97.4 Å². The SMILES string of the molecule is CNCc1ccc(-c2cc(C)ccc2C)cc1.Cc1ccc(C)c(-c2ccc(CN(C)CC(O)c3ccccc3)cc2)c1.c1ccc(C2CO2)cc1. The summed E-state index contributed by atoms with van der Waals surface area (Å²) in [4.78, 5) is 2.16. The number of aryl methyl sites for hydroxylation is 4. The Hall–Kier alpha value is -4.84. The molecular weight excluding hydrogens is 637 g/mol. The van der Waals surface area contributed by atoms with Crippen molar-refractivity contribution in [3.05, 3.63) is 190 Å². The van der Waals surface area contributed by atoms with Gasteiger partial charge in [-0.2, -0.15) is 0 Å². The molecule has 0 amide bonds. The molecule has 1 aliphatic heterocycles. The van der Waals surface area contributed by atoms with Gasteiger partial charge in [0.05, 0.1) is 12.7 Å². The zero-order valence-electron chi connectivity index (χ0n) is 31.6. The number of epoxide rings is 1. The smallest absolute Gasteiger partial charge is 0.106 e. The number of hydrogen-bond donors (Lipinski definition) is 2. The van der Waals surface area contributed by atoms with E-state index in [2.05, 4.69) is 135 Å². The minimum Gasteiger partial charge on any atom is -0.387 e. The molecule has 0 spiro atoms. The second-order valence-electron chi connectivity index (χ2n) is 13.9. The second kappa shape index (κ2) is 19.1. The minimum atomic E-state index is -0.463. The lowest BCUT2D eigenvalue weighted by atomic mass is 9.97. The van der Waals surface area contributed by atoms with Crippen molar-refractivity contribution in [2.24, 2.45) is 0 Å². The highest BCUT2D eigenvalue weighted by atomic mass is 16.6. The summed E-state index contributed by atoms with van der Waals surface area (Å²) in [7, 11) is 4.02. The van der Waals surface area contributed by atoms with Crippen LogP contribution in [0.2, 0.25) is 0 Å². The lowest BCUT2D eigenvalue weighted by molar-refractivity contribution is 0.124. The van der Waals surface area contributed by atoms with Crippen molar-refractivity contribution >= 4 is 0 Å². The first-order valence-corrected chi connectivity index (χ1v) is 18.3. The third-order valence-electron chi connectivity index (χ3n) is 9.32. The van der Waals surface area contributed by atoms with Crippen molar-refractivity contribution in [1.82, 2.24) is 10.2 Å². The summed E-state index contributed by atoms with van der Waals surface area (Å²) in [6.45, 7) is 11.8. The lowest BCUT2D eigenvalue weighted by Gasteiger charge is -2.21. The topological polar surface area (TPSA) is 48.0 Å². The van der Waals surface area contributed by atoms with Crippen LogP contribution in [0.5, 0.6) is 0 Å². The number of benzene rings is 6. The van der Waals surface area contributed by atoms with E-state index < -0.39 is 6.10 Å². The Labute approximate surface area is 311 Å². The van der Waals surface area contributed by atoms with E-state index >= 15 is 0 Å². The molecule has 2 unspecified atom stereocenters. The fourth-order valence-corrected chi connectivity index (χ4v) is 6.25. The molecule has 2 atom stereocenters. The van der Waals surface area contributed by atoms with E-state index in [0.29, 0.717) is 12.6 Å². The van der Waals surface area contributed by atoms with Gasteiger partial charge in [-0.3, -0.25) is 4.90 Å². The van der Waals surface area contributed by atoms with Crippen LogP contribution in [-0.2, 0) is 17.8 Å². The van der Waals surface area contributed by atoms with Crippen LogP contribution >= 0.6 is 0 Å². The third kappa shape index (κ3) is 11.6. The highest BCUT2D eigenvalue weighted by Gasteiger charge is 2.23. The fraction of sp³-hybridized carbons (Fsp3) is 0.250. The van der Waals surface area contributed by atoms with E-state index in [-0.39, 0.29) is 0 Å². The number of rotatable bonds is 10. The maximum atomic E-state index is 10.4. The van der Waals surface area contributed by atoms with E-state index in [1.165, 1.54) is 61.2 Å². The Morgan fingerprint density at radius 1 is 0.654 bits per heavy atom. The summed E-state index contributed by atoms with van der Waals surface area (Å²) < 4.78 is 5.09. The molecule has 268 valence electrons. The van der Waals surface area contributed by atoms with Crippen LogP contribution in [0.1, 0.15) is 56.7 Å². The van der Waals surface area contributed by atoms with Crippen LogP contribution in [0.4, 0.5) is 0 Å². The molecule has 4 nitrogen and oxygen atoms in total. The number of hydrogen-bond acceptors (Lipinski definition) is 4. The molecule has 52 heavy (non-hydrogen) atoms. The monoisotopic (exact) mass is 690 g/mol. The molecule has 1 fully saturated rings. The van der Waals surface area contributed by atoms with Crippen LogP contribution in [-0.4, -0.2) is 37.3 Å². The van der Waals surface area contributed by atoms with E-state index in [9.17, 15) is 5.11 Å². The Morgan fingerprint density at radius 3 is 1.62 bits per heavy atom. The van der Waals surface area contributed by atoms with Crippen LogP contribution in [0, 0.1) is 27.7 Å². The Kier molecular flexibility index (Phi) is 14.1. The number of aliphatic hydroxyl groups excluding tert-OH is 1. The standard InChI is InChI=1S/C24H27NO.C16H19N.C8H8O/c1-18-9-10-19(2)23(15-18)21-13-11-20(12-14-21)16-25(3)17-24(26)22-7-5-4-6-8-22;1-12-4-5-13(2)16(10-12)15-8-6-14(7-9-15)11-17-3;1-2-4-7(5-3-1)8-6-9-8/h4-15,24,26H,16-17H2,1-3H3;4-10,17H,11H2,1-3H3;1-5,8H,6H2. The average molecular weight is 691 g/mol. The highest BCUT2D eigenvalue weighted by Crippen LogP contribution is 2.29. The van der Waals surface area contributed by atoms with Crippen LogP contribution in [0.15, 0.2) is 146 Å². The van der Waals surface area contributed by atoms with Gasteiger partial charge in [-0.1, -0.05) is 157 Å². The molecule has 0 bridgehead atoms. The van der Waals surface area contributed by atoms with Gasteiger partial charge in [0.2, 0.25) is 0 Å². The third-order valence-corrected chi connectivity index (χ3v) is 9.32. The van der Waals surface area contributed by atoms with E-state index in [1.54, 1.807) is 0 Å². The Balaban J connectivity index is 0.000000170. The molecule has 0 radical (unpaired) electrons. The van der Waals surface area contributed by atoms with E-state index in [4.69, 9.17) is 4.74 Å². The zero-order valence-corrected chi connectivity index (χ0v) is 31.6. The molecule has 1 saturated heterocycles. The molecule has 0 saturated carbocycles. The molecule has 1 aliphatic rings. The molecule has 6 aromatic rings. The maximum Gasteiger partial charge on any atom is 0.106 e.